The van der Waals surface area contributed by atoms with Gasteiger partial charge in [0, 0.05) is 12.8 Å². The third kappa shape index (κ3) is 1.68. The molecule has 0 bridgehead atoms. The van der Waals surface area contributed by atoms with Crippen molar-refractivity contribution in [2.75, 3.05) is 12.8 Å². The van der Waals surface area contributed by atoms with Crippen molar-refractivity contribution in [1.29, 1.82) is 0 Å². The zero-order valence-corrected chi connectivity index (χ0v) is 7.92. The van der Waals surface area contributed by atoms with E-state index in [0.29, 0.717) is 6.10 Å². The lowest BCUT2D eigenvalue weighted by molar-refractivity contribution is 0.0911. The van der Waals surface area contributed by atoms with Crippen molar-refractivity contribution in [2.45, 2.75) is 25.4 Å². The molecule has 1 aromatic carbocycles. The number of nitrogens with two attached hydrogens (primary N) is 1. The molecular formula is C11H15NO. The van der Waals surface area contributed by atoms with E-state index in [4.69, 9.17) is 10.5 Å². The van der Waals surface area contributed by atoms with Gasteiger partial charge in [0.1, 0.15) is 0 Å². The fourth-order valence-electron chi connectivity index (χ4n) is 1.94. The van der Waals surface area contributed by atoms with Gasteiger partial charge in [-0.05, 0) is 42.5 Å². The highest BCUT2D eigenvalue weighted by molar-refractivity contribution is 5.45. The number of benzene rings is 1. The van der Waals surface area contributed by atoms with Crippen molar-refractivity contribution < 1.29 is 4.74 Å². The quantitative estimate of drug-likeness (QED) is 0.663. The number of aryl methyl sites for hydroxylation is 1. The van der Waals surface area contributed by atoms with Gasteiger partial charge in [0.2, 0.25) is 0 Å². The van der Waals surface area contributed by atoms with Gasteiger partial charge in [-0.25, -0.2) is 0 Å². The SMILES string of the molecule is COC1CCc2cc(N)ccc2C1. The normalized spacial score (nSPS) is 21.2. The van der Waals surface area contributed by atoms with E-state index >= 15 is 0 Å². The summed E-state index contributed by atoms with van der Waals surface area (Å²) in [5.41, 5.74) is 9.38. The standard InChI is InChI=1S/C11H15NO/c1-13-11-5-3-8-6-10(12)4-2-9(8)7-11/h2,4,6,11H,3,5,7,12H2,1H3. The van der Waals surface area contributed by atoms with Crippen molar-refractivity contribution in [3.05, 3.63) is 29.3 Å². The third-order valence-electron chi connectivity index (χ3n) is 2.75. The van der Waals surface area contributed by atoms with Crippen LogP contribution in [0, 0.1) is 0 Å². The lowest BCUT2D eigenvalue weighted by Crippen LogP contribution is -2.21. The van der Waals surface area contributed by atoms with Gasteiger partial charge in [0.25, 0.3) is 0 Å². The summed E-state index contributed by atoms with van der Waals surface area (Å²) in [5, 5.41) is 0. The summed E-state index contributed by atoms with van der Waals surface area (Å²) in [5.74, 6) is 0. The molecule has 0 radical (unpaired) electrons. The fourth-order valence-corrected chi connectivity index (χ4v) is 1.94. The molecule has 0 heterocycles. The molecule has 1 aliphatic rings. The highest BCUT2D eigenvalue weighted by Crippen LogP contribution is 2.24. The lowest BCUT2D eigenvalue weighted by Gasteiger charge is -2.23. The lowest BCUT2D eigenvalue weighted by atomic mass is 9.89. The van der Waals surface area contributed by atoms with Crippen LogP contribution in [0.4, 0.5) is 5.69 Å². The summed E-state index contributed by atoms with van der Waals surface area (Å²) in [6.45, 7) is 0. The van der Waals surface area contributed by atoms with E-state index in [1.54, 1.807) is 7.11 Å². The van der Waals surface area contributed by atoms with Crippen LogP contribution < -0.4 is 5.73 Å². The van der Waals surface area contributed by atoms with Crippen LogP contribution in [-0.4, -0.2) is 13.2 Å². The average molecular weight is 177 g/mol. The highest BCUT2D eigenvalue weighted by atomic mass is 16.5. The molecule has 0 aromatic heterocycles. The Labute approximate surface area is 78.7 Å². The van der Waals surface area contributed by atoms with E-state index in [1.165, 1.54) is 11.1 Å². The van der Waals surface area contributed by atoms with E-state index in [2.05, 4.69) is 12.1 Å². The molecule has 13 heavy (non-hydrogen) atoms. The first-order valence-corrected chi connectivity index (χ1v) is 4.69. The average Bonchev–Trinajstić information content (AvgIpc) is 2.17. The maximum Gasteiger partial charge on any atom is 0.0614 e. The molecule has 70 valence electrons. The van der Waals surface area contributed by atoms with Crippen LogP contribution >= 0.6 is 0 Å². The molecule has 0 amide bonds. The van der Waals surface area contributed by atoms with Crippen molar-refractivity contribution in [3.8, 4) is 0 Å². The molecule has 0 aliphatic heterocycles. The number of rotatable bonds is 1. The molecule has 0 spiro atoms. The molecule has 2 rings (SSSR count). The van der Waals surface area contributed by atoms with Gasteiger partial charge in [-0.3, -0.25) is 0 Å². The smallest absolute Gasteiger partial charge is 0.0614 e. The van der Waals surface area contributed by atoms with E-state index < -0.39 is 0 Å². The second kappa shape index (κ2) is 3.38. The van der Waals surface area contributed by atoms with Crippen LogP contribution in [0.1, 0.15) is 17.5 Å². The van der Waals surface area contributed by atoms with E-state index in [1.807, 2.05) is 6.07 Å². The second-order valence-electron chi connectivity index (χ2n) is 3.63. The molecular weight excluding hydrogens is 162 g/mol. The Bertz CT molecular complexity index is 309. The molecule has 1 atom stereocenters. The Balaban J connectivity index is 2.26. The van der Waals surface area contributed by atoms with Gasteiger partial charge in [0.15, 0.2) is 0 Å². The molecule has 1 unspecified atom stereocenters. The van der Waals surface area contributed by atoms with E-state index in [-0.39, 0.29) is 0 Å². The summed E-state index contributed by atoms with van der Waals surface area (Å²) in [6.07, 6.45) is 3.65. The topological polar surface area (TPSA) is 35.2 Å². The van der Waals surface area contributed by atoms with Crippen LogP contribution in [0.5, 0.6) is 0 Å². The number of ether oxygens (including phenoxy) is 1. The maximum absolute atomic E-state index is 5.72. The molecule has 0 fully saturated rings. The molecule has 1 aromatic rings. The number of hydrogen-bond donors (Lipinski definition) is 1. The van der Waals surface area contributed by atoms with Gasteiger partial charge in [-0.1, -0.05) is 6.07 Å². The summed E-state index contributed by atoms with van der Waals surface area (Å²) >= 11 is 0. The van der Waals surface area contributed by atoms with Crippen LogP contribution in [0.2, 0.25) is 0 Å². The predicted molar refractivity (Wildman–Crippen MR) is 53.7 cm³/mol. The van der Waals surface area contributed by atoms with Gasteiger partial charge < -0.3 is 10.5 Å². The van der Waals surface area contributed by atoms with Crippen molar-refractivity contribution in [2.24, 2.45) is 0 Å². The van der Waals surface area contributed by atoms with Crippen molar-refractivity contribution >= 4 is 5.69 Å². The minimum absolute atomic E-state index is 0.399. The van der Waals surface area contributed by atoms with E-state index in [9.17, 15) is 0 Å². The molecule has 2 N–H and O–H groups in total. The summed E-state index contributed by atoms with van der Waals surface area (Å²) < 4.78 is 5.35. The second-order valence-corrected chi connectivity index (χ2v) is 3.63. The molecule has 2 heteroatoms. The Morgan fingerprint density at radius 3 is 3.00 bits per heavy atom. The Morgan fingerprint density at radius 1 is 1.38 bits per heavy atom. The van der Waals surface area contributed by atoms with Gasteiger partial charge in [-0.2, -0.15) is 0 Å². The minimum atomic E-state index is 0.399. The third-order valence-corrected chi connectivity index (χ3v) is 2.75. The van der Waals surface area contributed by atoms with Crippen LogP contribution in [0.15, 0.2) is 18.2 Å². The van der Waals surface area contributed by atoms with Gasteiger partial charge >= 0.3 is 0 Å². The Hall–Kier alpha value is -1.02. The molecule has 2 nitrogen and oxygen atoms in total. The number of anilines is 1. The van der Waals surface area contributed by atoms with Crippen molar-refractivity contribution in [1.82, 2.24) is 0 Å². The predicted octanol–water partition coefficient (Wildman–Crippen LogP) is 1.77. The summed E-state index contributed by atoms with van der Waals surface area (Å²) in [7, 11) is 1.78. The first-order chi connectivity index (χ1) is 6.29. The maximum atomic E-state index is 5.72. The zero-order chi connectivity index (χ0) is 9.26. The highest BCUT2D eigenvalue weighted by Gasteiger charge is 2.17. The molecule has 1 aliphatic carbocycles. The van der Waals surface area contributed by atoms with Crippen LogP contribution in [0.25, 0.3) is 0 Å². The summed E-state index contributed by atoms with van der Waals surface area (Å²) in [6, 6.07) is 6.17. The minimum Gasteiger partial charge on any atom is -0.399 e. The van der Waals surface area contributed by atoms with E-state index in [0.717, 1.165) is 24.9 Å². The monoisotopic (exact) mass is 177 g/mol. The number of nitrogen functional groups attached to an aromatic ring is 1. The number of hydrogen-bond acceptors (Lipinski definition) is 2. The zero-order valence-electron chi connectivity index (χ0n) is 7.92. The summed E-state index contributed by atoms with van der Waals surface area (Å²) in [4.78, 5) is 0. The largest absolute Gasteiger partial charge is 0.399 e. The van der Waals surface area contributed by atoms with Gasteiger partial charge in [-0.15, -0.1) is 0 Å². The van der Waals surface area contributed by atoms with Crippen molar-refractivity contribution in [3.63, 3.8) is 0 Å². The van der Waals surface area contributed by atoms with Crippen LogP contribution in [-0.2, 0) is 17.6 Å². The first kappa shape index (κ1) is 8.57. The molecule has 0 saturated carbocycles. The first-order valence-electron chi connectivity index (χ1n) is 4.69. The Morgan fingerprint density at radius 2 is 2.23 bits per heavy atom. The number of methoxy groups -OCH3 is 1. The Kier molecular flexibility index (Phi) is 2.23. The molecule has 0 saturated heterocycles. The number of fused-ring (bicyclic) bond motifs is 1. The van der Waals surface area contributed by atoms with Gasteiger partial charge in [0.05, 0.1) is 6.10 Å². The fraction of sp³-hybridized carbons (Fsp3) is 0.455. The van der Waals surface area contributed by atoms with Crippen LogP contribution in [0.3, 0.4) is 0 Å².